The van der Waals surface area contributed by atoms with Crippen LogP contribution in [-0.4, -0.2) is 44.9 Å². The van der Waals surface area contributed by atoms with E-state index in [1.165, 1.54) is 4.40 Å². The lowest BCUT2D eigenvalue weighted by molar-refractivity contribution is 0.0627. The normalized spacial score (nSPS) is 18.3. The number of aromatic nitrogens is 4. The quantitative estimate of drug-likeness (QED) is 0.707. The number of nitrogens with two attached hydrogens (primary N) is 1. The van der Waals surface area contributed by atoms with Crippen LogP contribution in [-0.2, 0) is 4.74 Å². The van der Waals surface area contributed by atoms with E-state index in [4.69, 9.17) is 10.5 Å². The van der Waals surface area contributed by atoms with Crippen molar-refractivity contribution < 1.29 is 4.74 Å². The van der Waals surface area contributed by atoms with Gasteiger partial charge in [0.15, 0.2) is 5.65 Å². The van der Waals surface area contributed by atoms with Crippen molar-refractivity contribution in [3.05, 3.63) is 22.4 Å². The predicted molar refractivity (Wildman–Crippen MR) is 73.8 cm³/mol. The second-order valence-corrected chi connectivity index (χ2v) is 5.13. The Morgan fingerprint density at radius 1 is 1.55 bits per heavy atom. The van der Waals surface area contributed by atoms with Gasteiger partial charge in [-0.25, -0.2) is 19.3 Å². The van der Waals surface area contributed by atoms with Crippen LogP contribution in [0.4, 0.5) is 5.82 Å². The Morgan fingerprint density at radius 2 is 2.30 bits per heavy atom. The van der Waals surface area contributed by atoms with E-state index in [-0.39, 0.29) is 11.2 Å². The molecule has 4 N–H and O–H groups in total. The number of nitrogens with zero attached hydrogens (tertiary/aromatic N) is 3. The number of rotatable bonds is 3. The Labute approximate surface area is 115 Å². The molecule has 3 heterocycles. The summed E-state index contributed by atoms with van der Waals surface area (Å²) in [5.74, 6) is 1.27. The average molecular weight is 278 g/mol. The summed E-state index contributed by atoms with van der Waals surface area (Å²) in [5.41, 5.74) is 5.98. The van der Waals surface area contributed by atoms with Crippen LogP contribution in [0.1, 0.15) is 18.7 Å². The molecular formula is C12H18N6O2. The van der Waals surface area contributed by atoms with E-state index >= 15 is 0 Å². The third kappa shape index (κ3) is 2.16. The van der Waals surface area contributed by atoms with Gasteiger partial charge in [-0.2, -0.15) is 5.10 Å². The van der Waals surface area contributed by atoms with E-state index in [0.29, 0.717) is 37.0 Å². The highest BCUT2D eigenvalue weighted by molar-refractivity contribution is 5.51. The van der Waals surface area contributed by atoms with Crippen LogP contribution in [0.5, 0.6) is 0 Å². The van der Waals surface area contributed by atoms with Crippen LogP contribution >= 0.6 is 0 Å². The fraction of sp³-hybridized carbons (Fsp3) is 0.583. The molecule has 0 saturated carbocycles. The van der Waals surface area contributed by atoms with Crippen LogP contribution in [0, 0.1) is 6.92 Å². The molecule has 1 aliphatic heterocycles. The molecule has 8 nitrogen and oxygen atoms in total. The Morgan fingerprint density at radius 3 is 3.00 bits per heavy atom. The first-order chi connectivity index (χ1) is 9.63. The van der Waals surface area contributed by atoms with E-state index in [1.807, 2.05) is 0 Å². The first-order valence-electron chi connectivity index (χ1n) is 6.64. The van der Waals surface area contributed by atoms with Crippen molar-refractivity contribution >= 4 is 11.5 Å². The van der Waals surface area contributed by atoms with Gasteiger partial charge in [0, 0.05) is 25.8 Å². The Balaban J connectivity index is 1.96. The molecule has 0 aliphatic carbocycles. The summed E-state index contributed by atoms with van der Waals surface area (Å²) in [6.45, 7) is 3.66. The predicted octanol–water partition coefficient (Wildman–Crippen LogP) is -0.354. The van der Waals surface area contributed by atoms with Crippen LogP contribution in [0.3, 0.4) is 0 Å². The van der Waals surface area contributed by atoms with Gasteiger partial charge in [-0.3, -0.25) is 0 Å². The maximum atomic E-state index is 11.6. The molecule has 0 aromatic carbocycles. The number of ether oxygens (including phenoxy) is 1. The summed E-state index contributed by atoms with van der Waals surface area (Å²) in [5, 5.41) is 9.79. The second-order valence-electron chi connectivity index (χ2n) is 5.13. The summed E-state index contributed by atoms with van der Waals surface area (Å²) < 4.78 is 6.82. The van der Waals surface area contributed by atoms with Crippen LogP contribution in [0.15, 0.2) is 10.9 Å². The second kappa shape index (κ2) is 4.88. The van der Waals surface area contributed by atoms with Crippen molar-refractivity contribution in [3.8, 4) is 0 Å². The van der Waals surface area contributed by atoms with Crippen LogP contribution in [0.2, 0.25) is 0 Å². The largest absolute Gasteiger partial charge is 0.381 e. The van der Waals surface area contributed by atoms with Crippen molar-refractivity contribution in [2.45, 2.75) is 25.3 Å². The molecule has 1 fully saturated rings. The van der Waals surface area contributed by atoms with E-state index in [1.54, 1.807) is 13.0 Å². The molecule has 108 valence electrons. The molecule has 0 bridgehead atoms. The van der Waals surface area contributed by atoms with Gasteiger partial charge in [0.1, 0.15) is 11.6 Å². The summed E-state index contributed by atoms with van der Waals surface area (Å²) in [6, 6.07) is 1.75. The zero-order chi connectivity index (χ0) is 14.2. The lowest BCUT2D eigenvalue weighted by atomic mass is 9.90. The molecule has 3 rings (SSSR count). The summed E-state index contributed by atoms with van der Waals surface area (Å²) in [6.07, 6.45) is 1.67. The minimum Gasteiger partial charge on any atom is -0.381 e. The van der Waals surface area contributed by atoms with E-state index in [0.717, 1.165) is 12.8 Å². The van der Waals surface area contributed by atoms with Crippen LogP contribution < -0.4 is 16.7 Å². The minimum atomic E-state index is -0.281. The van der Waals surface area contributed by atoms with Gasteiger partial charge in [-0.15, -0.1) is 0 Å². The Hall–Kier alpha value is -1.93. The van der Waals surface area contributed by atoms with Gasteiger partial charge < -0.3 is 15.8 Å². The minimum absolute atomic E-state index is 0.202. The topological polar surface area (TPSA) is 110 Å². The van der Waals surface area contributed by atoms with E-state index < -0.39 is 0 Å². The molecule has 0 radical (unpaired) electrons. The number of hydrogen-bond donors (Lipinski definition) is 3. The Kier molecular flexibility index (Phi) is 3.19. The average Bonchev–Trinajstić information content (AvgIpc) is 2.82. The standard InChI is InChI=1S/C12H18N6O2/c1-8-14-9(6-10-16-17-11(19)18(8)10)15-12(7-13)2-4-20-5-3-12/h6,15H,2-5,7,13H2,1H3,(H,17,19). The number of aryl methyl sites for hydroxylation is 1. The van der Waals surface area contributed by atoms with Gasteiger partial charge in [-0.1, -0.05) is 0 Å². The highest BCUT2D eigenvalue weighted by atomic mass is 16.5. The lowest BCUT2D eigenvalue weighted by Crippen LogP contribution is -2.49. The number of nitrogens with one attached hydrogen (secondary N) is 2. The third-order valence-electron chi connectivity index (χ3n) is 3.80. The fourth-order valence-corrected chi connectivity index (χ4v) is 2.58. The third-order valence-corrected chi connectivity index (χ3v) is 3.80. The molecule has 20 heavy (non-hydrogen) atoms. The van der Waals surface area contributed by atoms with Gasteiger partial charge >= 0.3 is 5.69 Å². The highest BCUT2D eigenvalue weighted by Crippen LogP contribution is 2.24. The van der Waals surface area contributed by atoms with Crippen molar-refractivity contribution in [1.82, 2.24) is 19.6 Å². The molecule has 0 atom stereocenters. The number of aromatic amines is 1. The van der Waals surface area contributed by atoms with E-state index in [2.05, 4.69) is 20.5 Å². The maximum absolute atomic E-state index is 11.6. The SMILES string of the molecule is Cc1nc(NC2(CN)CCOCC2)cc2n[nH]c(=O)n12. The zero-order valence-corrected chi connectivity index (χ0v) is 11.3. The number of fused-ring (bicyclic) bond motifs is 1. The molecule has 0 unspecified atom stereocenters. The van der Waals surface area contributed by atoms with Gasteiger partial charge in [0.2, 0.25) is 0 Å². The summed E-state index contributed by atoms with van der Waals surface area (Å²) in [4.78, 5) is 16.0. The molecular weight excluding hydrogens is 260 g/mol. The Bertz CT molecular complexity index is 670. The van der Waals surface area contributed by atoms with Crippen molar-refractivity contribution in [2.24, 2.45) is 5.73 Å². The first kappa shape index (κ1) is 13.1. The summed E-state index contributed by atoms with van der Waals surface area (Å²) in [7, 11) is 0. The molecule has 1 aliphatic rings. The molecule has 2 aromatic rings. The van der Waals surface area contributed by atoms with Crippen molar-refractivity contribution in [1.29, 1.82) is 0 Å². The summed E-state index contributed by atoms with van der Waals surface area (Å²) >= 11 is 0. The van der Waals surface area contributed by atoms with E-state index in [9.17, 15) is 4.79 Å². The smallest absolute Gasteiger partial charge is 0.349 e. The van der Waals surface area contributed by atoms with Gasteiger partial charge in [-0.05, 0) is 19.8 Å². The fourth-order valence-electron chi connectivity index (χ4n) is 2.58. The van der Waals surface area contributed by atoms with Crippen LogP contribution in [0.25, 0.3) is 5.65 Å². The number of anilines is 1. The zero-order valence-electron chi connectivity index (χ0n) is 11.3. The molecule has 8 heteroatoms. The number of hydrogen-bond acceptors (Lipinski definition) is 6. The molecule has 0 spiro atoms. The first-order valence-corrected chi connectivity index (χ1v) is 6.64. The number of H-pyrrole nitrogens is 1. The molecule has 1 saturated heterocycles. The monoisotopic (exact) mass is 278 g/mol. The maximum Gasteiger partial charge on any atom is 0.349 e. The van der Waals surface area contributed by atoms with Gasteiger partial charge in [0.25, 0.3) is 0 Å². The molecule has 2 aromatic heterocycles. The highest BCUT2D eigenvalue weighted by Gasteiger charge is 2.31. The van der Waals surface area contributed by atoms with Gasteiger partial charge in [0.05, 0.1) is 5.54 Å². The van der Waals surface area contributed by atoms with Crippen molar-refractivity contribution in [2.75, 3.05) is 25.1 Å². The van der Waals surface area contributed by atoms with Crippen molar-refractivity contribution in [3.63, 3.8) is 0 Å². The lowest BCUT2D eigenvalue weighted by Gasteiger charge is -2.37. The molecule has 0 amide bonds.